The first kappa shape index (κ1) is 20.1. The number of aryl methyl sites for hydroxylation is 1. The molecule has 0 bridgehead atoms. The van der Waals surface area contributed by atoms with Gasteiger partial charge in [0.05, 0.1) is 0 Å². The summed E-state index contributed by atoms with van der Waals surface area (Å²) in [5.74, 6) is 1.76. The average molecular weight is 395 g/mol. The summed E-state index contributed by atoms with van der Waals surface area (Å²) in [6.07, 6.45) is 2.31. The van der Waals surface area contributed by atoms with Crippen LogP contribution in [0, 0.1) is 6.92 Å². The number of aromatic nitrogens is 3. The lowest BCUT2D eigenvalue weighted by Gasteiger charge is -2.11. The number of benzene rings is 2. The van der Waals surface area contributed by atoms with Crippen molar-refractivity contribution >= 4 is 17.7 Å². The highest BCUT2D eigenvalue weighted by atomic mass is 32.2. The zero-order valence-corrected chi connectivity index (χ0v) is 17.2. The number of carbonyl (C=O) groups is 1. The van der Waals surface area contributed by atoms with Crippen LogP contribution in [-0.4, -0.2) is 33.0 Å². The molecule has 0 aliphatic carbocycles. The van der Waals surface area contributed by atoms with Crippen molar-refractivity contribution in [2.45, 2.75) is 38.3 Å². The molecule has 0 atom stereocenters. The second-order valence-electron chi connectivity index (χ2n) is 6.65. The highest BCUT2D eigenvalue weighted by Gasteiger charge is 2.16. The fraction of sp³-hybridized carbons (Fsp3) is 0.318. The Morgan fingerprint density at radius 2 is 1.82 bits per heavy atom. The van der Waals surface area contributed by atoms with E-state index in [1.165, 1.54) is 5.56 Å². The molecule has 1 aromatic heterocycles. The third-order valence-electron chi connectivity index (χ3n) is 4.31. The van der Waals surface area contributed by atoms with Crippen molar-refractivity contribution in [1.29, 1.82) is 0 Å². The van der Waals surface area contributed by atoms with Crippen LogP contribution < -0.4 is 5.32 Å². The van der Waals surface area contributed by atoms with E-state index in [1.807, 2.05) is 30.3 Å². The van der Waals surface area contributed by atoms with Crippen molar-refractivity contribution in [2.75, 3.05) is 12.3 Å². The Hall–Kier alpha value is -2.60. The van der Waals surface area contributed by atoms with E-state index < -0.39 is 0 Å². The number of amides is 1. The van der Waals surface area contributed by atoms with Crippen LogP contribution in [-0.2, 0) is 4.79 Å². The van der Waals surface area contributed by atoms with Crippen molar-refractivity contribution in [3.63, 3.8) is 0 Å². The molecule has 0 unspecified atom stereocenters. The van der Waals surface area contributed by atoms with Gasteiger partial charge in [-0.15, -0.1) is 10.2 Å². The standard InChI is InChI=1S/C22H26N4OS/c1-3-15-23-20(27)10-7-16-28-22-25-24-21(18-8-5-4-6-9-18)26(22)19-13-11-17(2)12-14-19/h4-6,8-9,11-14H,3,7,10,15-16H2,1-2H3,(H,23,27). The minimum Gasteiger partial charge on any atom is -0.356 e. The van der Waals surface area contributed by atoms with Crippen LogP contribution in [0.4, 0.5) is 0 Å². The van der Waals surface area contributed by atoms with Crippen molar-refractivity contribution < 1.29 is 4.79 Å². The Morgan fingerprint density at radius 3 is 2.54 bits per heavy atom. The summed E-state index contributed by atoms with van der Waals surface area (Å²) in [6, 6.07) is 18.5. The molecule has 1 heterocycles. The van der Waals surface area contributed by atoms with Crippen LogP contribution in [0.25, 0.3) is 17.1 Å². The van der Waals surface area contributed by atoms with Crippen LogP contribution in [0.2, 0.25) is 0 Å². The largest absolute Gasteiger partial charge is 0.356 e. The molecule has 0 aliphatic heterocycles. The Kier molecular flexibility index (Phi) is 7.25. The Bertz CT molecular complexity index is 891. The lowest BCUT2D eigenvalue weighted by Crippen LogP contribution is -2.23. The van der Waals surface area contributed by atoms with E-state index in [1.54, 1.807) is 11.8 Å². The molecule has 28 heavy (non-hydrogen) atoms. The van der Waals surface area contributed by atoms with Gasteiger partial charge in [-0.3, -0.25) is 9.36 Å². The molecule has 146 valence electrons. The number of carbonyl (C=O) groups excluding carboxylic acids is 1. The van der Waals surface area contributed by atoms with E-state index in [4.69, 9.17) is 0 Å². The first-order valence-corrected chi connectivity index (χ1v) is 10.6. The minimum atomic E-state index is 0.118. The number of thioether (sulfide) groups is 1. The monoisotopic (exact) mass is 394 g/mol. The first-order valence-electron chi connectivity index (χ1n) is 9.66. The van der Waals surface area contributed by atoms with E-state index in [0.29, 0.717) is 6.42 Å². The summed E-state index contributed by atoms with van der Waals surface area (Å²) < 4.78 is 2.09. The molecular formula is C22H26N4OS. The molecule has 0 spiro atoms. The van der Waals surface area contributed by atoms with Gasteiger partial charge >= 0.3 is 0 Å². The lowest BCUT2D eigenvalue weighted by atomic mass is 10.2. The molecule has 0 fully saturated rings. The molecule has 3 rings (SSSR count). The number of nitrogens with zero attached hydrogens (tertiary/aromatic N) is 3. The van der Waals surface area contributed by atoms with Crippen LogP contribution >= 0.6 is 11.8 Å². The smallest absolute Gasteiger partial charge is 0.220 e. The van der Waals surface area contributed by atoms with Gasteiger partial charge in [-0.05, 0) is 31.9 Å². The van der Waals surface area contributed by atoms with Crippen LogP contribution in [0.1, 0.15) is 31.7 Å². The van der Waals surface area contributed by atoms with Crippen LogP contribution in [0.15, 0.2) is 59.8 Å². The molecule has 6 heteroatoms. The maximum Gasteiger partial charge on any atom is 0.220 e. The molecule has 0 saturated heterocycles. The van der Waals surface area contributed by atoms with E-state index >= 15 is 0 Å². The second-order valence-corrected chi connectivity index (χ2v) is 7.71. The zero-order chi connectivity index (χ0) is 19.8. The molecule has 1 amide bonds. The summed E-state index contributed by atoms with van der Waals surface area (Å²) >= 11 is 1.64. The zero-order valence-electron chi connectivity index (χ0n) is 16.4. The van der Waals surface area contributed by atoms with Crippen molar-refractivity contribution in [1.82, 2.24) is 20.1 Å². The van der Waals surface area contributed by atoms with E-state index in [-0.39, 0.29) is 5.91 Å². The summed E-state index contributed by atoms with van der Waals surface area (Å²) in [6.45, 7) is 4.87. The normalized spacial score (nSPS) is 10.8. The first-order chi connectivity index (χ1) is 13.7. The number of hydrogen-bond acceptors (Lipinski definition) is 4. The molecule has 5 nitrogen and oxygen atoms in total. The van der Waals surface area contributed by atoms with Gasteiger partial charge in [-0.25, -0.2) is 0 Å². The third-order valence-corrected chi connectivity index (χ3v) is 5.32. The van der Waals surface area contributed by atoms with Gasteiger partial charge in [0.2, 0.25) is 5.91 Å². The average Bonchev–Trinajstić information content (AvgIpc) is 3.15. The van der Waals surface area contributed by atoms with Crippen molar-refractivity contribution in [2.24, 2.45) is 0 Å². The van der Waals surface area contributed by atoms with Crippen LogP contribution in [0.3, 0.4) is 0 Å². The SMILES string of the molecule is CCCNC(=O)CCCSc1nnc(-c2ccccc2)n1-c1ccc(C)cc1. The fourth-order valence-electron chi connectivity index (χ4n) is 2.81. The predicted molar refractivity (Wildman–Crippen MR) is 115 cm³/mol. The maximum absolute atomic E-state index is 11.8. The second kappa shape index (κ2) is 10.1. The summed E-state index contributed by atoms with van der Waals surface area (Å²) in [7, 11) is 0. The van der Waals surface area contributed by atoms with Gasteiger partial charge in [-0.2, -0.15) is 0 Å². The molecule has 2 aromatic carbocycles. The Labute approximate surface area is 170 Å². The van der Waals surface area contributed by atoms with Gasteiger partial charge < -0.3 is 5.32 Å². The van der Waals surface area contributed by atoms with Gasteiger partial charge in [0.25, 0.3) is 0 Å². The van der Waals surface area contributed by atoms with Gasteiger partial charge in [-0.1, -0.05) is 66.7 Å². The molecule has 0 radical (unpaired) electrons. The fourth-order valence-corrected chi connectivity index (χ4v) is 3.70. The summed E-state index contributed by atoms with van der Waals surface area (Å²) in [5, 5.41) is 12.6. The molecular weight excluding hydrogens is 368 g/mol. The molecule has 0 aliphatic rings. The Morgan fingerprint density at radius 1 is 1.07 bits per heavy atom. The van der Waals surface area contributed by atoms with Crippen LogP contribution in [0.5, 0.6) is 0 Å². The highest BCUT2D eigenvalue weighted by molar-refractivity contribution is 7.99. The lowest BCUT2D eigenvalue weighted by molar-refractivity contribution is -0.121. The van der Waals surface area contributed by atoms with Gasteiger partial charge in [0.1, 0.15) is 0 Å². The molecule has 3 aromatic rings. The number of nitrogens with one attached hydrogen (secondary N) is 1. The van der Waals surface area contributed by atoms with E-state index in [2.05, 4.69) is 58.2 Å². The van der Waals surface area contributed by atoms with Gasteiger partial charge in [0.15, 0.2) is 11.0 Å². The predicted octanol–water partition coefficient (Wildman–Crippen LogP) is 4.64. The number of hydrogen-bond donors (Lipinski definition) is 1. The van der Waals surface area contributed by atoms with E-state index in [0.717, 1.165) is 47.4 Å². The third kappa shape index (κ3) is 5.23. The maximum atomic E-state index is 11.8. The van der Waals surface area contributed by atoms with E-state index in [9.17, 15) is 4.79 Å². The number of rotatable bonds is 9. The highest BCUT2D eigenvalue weighted by Crippen LogP contribution is 2.28. The summed E-state index contributed by atoms with van der Waals surface area (Å²) in [5.41, 5.74) is 3.28. The van der Waals surface area contributed by atoms with Gasteiger partial charge in [0, 0.05) is 30.0 Å². The van der Waals surface area contributed by atoms with Crippen molar-refractivity contribution in [3.05, 3.63) is 60.2 Å². The quantitative estimate of drug-likeness (QED) is 0.424. The summed E-state index contributed by atoms with van der Waals surface area (Å²) in [4.78, 5) is 11.8. The minimum absolute atomic E-state index is 0.118. The Balaban J connectivity index is 1.77. The van der Waals surface area contributed by atoms with Crippen molar-refractivity contribution in [3.8, 4) is 17.1 Å². The molecule has 1 N–H and O–H groups in total. The molecule has 0 saturated carbocycles. The topological polar surface area (TPSA) is 59.8 Å².